The number of imidazole rings is 1. The Morgan fingerprint density at radius 1 is 1.47 bits per heavy atom. The summed E-state index contributed by atoms with van der Waals surface area (Å²) < 4.78 is 1.75. The van der Waals surface area contributed by atoms with E-state index in [1.807, 2.05) is 0 Å². The number of hydrogen-bond donors (Lipinski definition) is 1. The van der Waals surface area contributed by atoms with Gasteiger partial charge in [0.25, 0.3) is 5.69 Å². The molecule has 1 aromatic carbocycles. The number of aliphatic hydroxyl groups excluding tert-OH is 1. The molecule has 1 aromatic heterocycles. The number of rotatable bonds is 4. The standard InChI is InChI=1S/C11H11N3O3/c15-8-11-12-4-5-13(11)7-9-2-1-3-10(6-9)14(16)17/h1-6,15H,7-8H2. The molecule has 0 fully saturated rings. The van der Waals surface area contributed by atoms with Crippen LogP contribution in [0.1, 0.15) is 11.4 Å². The molecule has 0 bridgehead atoms. The maximum Gasteiger partial charge on any atom is 0.269 e. The molecule has 0 saturated heterocycles. The molecule has 88 valence electrons. The summed E-state index contributed by atoms with van der Waals surface area (Å²) in [5.41, 5.74) is 0.861. The van der Waals surface area contributed by atoms with Crippen molar-refractivity contribution < 1.29 is 10.0 Å². The average molecular weight is 233 g/mol. The van der Waals surface area contributed by atoms with Gasteiger partial charge in [-0.05, 0) is 5.56 Å². The molecule has 1 N–H and O–H groups in total. The number of nitro benzene ring substituents is 1. The van der Waals surface area contributed by atoms with E-state index in [9.17, 15) is 10.1 Å². The van der Waals surface area contributed by atoms with Crippen molar-refractivity contribution in [3.63, 3.8) is 0 Å². The van der Waals surface area contributed by atoms with Crippen LogP contribution in [-0.2, 0) is 13.2 Å². The van der Waals surface area contributed by atoms with Gasteiger partial charge in [-0.25, -0.2) is 4.98 Å². The smallest absolute Gasteiger partial charge is 0.269 e. The fraction of sp³-hybridized carbons (Fsp3) is 0.182. The third-order valence-electron chi connectivity index (χ3n) is 2.42. The van der Waals surface area contributed by atoms with Gasteiger partial charge in [0.1, 0.15) is 12.4 Å². The van der Waals surface area contributed by atoms with Crippen molar-refractivity contribution in [1.82, 2.24) is 9.55 Å². The molecule has 0 aliphatic rings. The number of aromatic nitrogens is 2. The Balaban J connectivity index is 2.24. The van der Waals surface area contributed by atoms with Gasteiger partial charge in [-0.1, -0.05) is 12.1 Å². The topological polar surface area (TPSA) is 81.2 Å². The molecule has 0 spiro atoms. The third kappa shape index (κ3) is 2.48. The van der Waals surface area contributed by atoms with Crippen LogP contribution in [0.15, 0.2) is 36.7 Å². The van der Waals surface area contributed by atoms with Crippen molar-refractivity contribution >= 4 is 5.69 Å². The highest BCUT2D eigenvalue weighted by molar-refractivity contribution is 5.34. The van der Waals surface area contributed by atoms with Crippen LogP contribution in [0.4, 0.5) is 5.69 Å². The Kier molecular flexibility index (Phi) is 3.15. The second-order valence-electron chi connectivity index (χ2n) is 3.56. The molecule has 2 rings (SSSR count). The Bertz CT molecular complexity index is 536. The van der Waals surface area contributed by atoms with E-state index < -0.39 is 4.92 Å². The van der Waals surface area contributed by atoms with Gasteiger partial charge in [0.05, 0.1) is 4.92 Å². The molecule has 0 aliphatic carbocycles. The lowest BCUT2D eigenvalue weighted by atomic mass is 10.2. The average Bonchev–Trinajstić information content (AvgIpc) is 2.76. The van der Waals surface area contributed by atoms with Crippen LogP contribution in [-0.4, -0.2) is 19.6 Å². The number of nitro groups is 1. The lowest BCUT2D eigenvalue weighted by molar-refractivity contribution is -0.384. The molecule has 6 nitrogen and oxygen atoms in total. The Morgan fingerprint density at radius 3 is 3.00 bits per heavy atom. The van der Waals surface area contributed by atoms with Crippen molar-refractivity contribution in [2.75, 3.05) is 0 Å². The molecule has 0 amide bonds. The first-order valence-electron chi connectivity index (χ1n) is 5.05. The van der Waals surface area contributed by atoms with Crippen LogP contribution in [0.3, 0.4) is 0 Å². The summed E-state index contributed by atoms with van der Waals surface area (Å²) in [5, 5.41) is 19.7. The van der Waals surface area contributed by atoms with E-state index in [1.54, 1.807) is 29.1 Å². The summed E-state index contributed by atoms with van der Waals surface area (Å²) in [6.45, 7) is 0.305. The van der Waals surface area contributed by atoms with Crippen molar-refractivity contribution in [3.05, 3.63) is 58.2 Å². The zero-order valence-corrected chi connectivity index (χ0v) is 8.98. The highest BCUT2D eigenvalue weighted by atomic mass is 16.6. The minimum atomic E-state index is -0.426. The van der Waals surface area contributed by atoms with Crippen molar-refractivity contribution in [2.45, 2.75) is 13.2 Å². The molecular weight excluding hydrogens is 222 g/mol. The summed E-state index contributed by atoms with van der Waals surface area (Å²) in [7, 11) is 0. The Hall–Kier alpha value is -2.21. The van der Waals surface area contributed by atoms with E-state index in [4.69, 9.17) is 5.11 Å². The van der Waals surface area contributed by atoms with Gasteiger partial charge in [-0.3, -0.25) is 10.1 Å². The van der Waals surface area contributed by atoms with Crippen LogP contribution in [0.5, 0.6) is 0 Å². The SMILES string of the molecule is O=[N+]([O-])c1cccc(Cn2ccnc2CO)c1. The van der Waals surface area contributed by atoms with E-state index in [-0.39, 0.29) is 12.3 Å². The molecular formula is C11H11N3O3. The normalized spacial score (nSPS) is 10.4. The maximum atomic E-state index is 10.6. The molecule has 0 atom stereocenters. The van der Waals surface area contributed by atoms with Crippen LogP contribution >= 0.6 is 0 Å². The molecule has 0 aliphatic heterocycles. The van der Waals surface area contributed by atoms with E-state index in [2.05, 4.69) is 4.98 Å². The molecule has 0 radical (unpaired) electrons. The summed E-state index contributed by atoms with van der Waals surface area (Å²) in [5.74, 6) is 0.538. The first-order valence-corrected chi connectivity index (χ1v) is 5.05. The monoisotopic (exact) mass is 233 g/mol. The highest BCUT2D eigenvalue weighted by Crippen LogP contribution is 2.14. The van der Waals surface area contributed by atoms with Gasteiger partial charge in [0.2, 0.25) is 0 Å². The van der Waals surface area contributed by atoms with E-state index in [0.29, 0.717) is 12.4 Å². The zero-order valence-electron chi connectivity index (χ0n) is 8.98. The Morgan fingerprint density at radius 2 is 2.29 bits per heavy atom. The molecule has 17 heavy (non-hydrogen) atoms. The predicted molar refractivity (Wildman–Crippen MR) is 60.3 cm³/mol. The van der Waals surface area contributed by atoms with Gasteiger partial charge >= 0.3 is 0 Å². The summed E-state index contributed by atoms with van der Waals surface area (Å²) >= 11 is 0. The number of aliphatic hydroxyl groups is 1. The highest BCUT2D eigenvalue weighted by Gasteiger charge is 2.07. The minimum Gasteiger partial charge on any atom is -0.388 e. The van der Waals surface area contributed by atoms with E-state index in [1.165, 1.54) is 12.1 Å². The third-order valence-corrected chi connectivity index (χ3v) is 2.42. The van der Waals surface area contributed by atoms with E-state index in [0.717, 1.165) is 5.56 Å². The van der Waals surface area contributed by atoms with Crippen molar-refractivity contribution in [1.29, 1.82) is 0 Å². The molecule has 0 saturated carbocycles. The second-order valence-corrected chi connectivity index (χ2v) is 3.56. The number of hydrogen-bond acceptors (Lipinski definition) is 4. The number of nitrogens with zero attached hydrogens (tertiary/aromatic N) is 3. The second kappa shape index (κ2) is 4.75. The first-order chi connectivity index (χ1) is 8.20. The summed E-state index contributed by atoms with van der Waals surface area (Å²) in [6.07, 6.45) is 3.31. The molecule has 1 heterocycles. The number of non-ortho nitro benzene ring substituents is 1. The zero-order chi connectivity index (χ0) is 12.3. The van der Waals surface area contributed by atoms with Crippen LogP contribution in [0.25, 0.3) is 0 Å². The fourth-order valence-corrected chi connectivity index (χ4v) is 1.60. The quantitative estimate of drug-likeness (QED) is 0.638. The van der Waals surface area contributed by atoms with Gasteiger partial charge in [-0.15, -0.1) is 0 Å². The molecule has 6 heteroatoms. The minimum absolute atomic E-state index is 0.0631. The van der Waals surface area contributed by atoms with E-state index >= 15 is 0 Å². The van der Waals surface area contributed by atoms with Crippen LogP contribution in [0, 0.1) is 10.1 Å². The molecule has 2 aromatic rings. The number of benzene rings is 1. The Labute approximate surface area is 97.3 Å². The first kappa shape index (κ1) is 11.3. The van der Waals surface area contributed by atoms with Crippen LogP contribution in [0.2, 0.25) is 0 Å². The van der Waals surface area contributed by atoms with Crippen LogP contribution < -0.4 is 0 Å². The van der Waals surface area contributed by atoms with Crippen molar-refractivity contribution in [3.8, 4) is 0 Å². The lowest BCUT2D eigenvalue weighted by Crippen LogP contribution is -2.04. The summed E-state index contributed by atoms with van der Waals surface area (Å²) in [6, 6.07) is 6.41. The lowest BCUT2D eigenvalue weighted by Gasteiger charge is -2.05. The predicted octanol–water partition coefficient (Wildman–Crippen LogP) is 1.33. The van der Waals surface area contributed by atoms with Gasteiger partial charge in [0.15, 0.2) is 0 Å². The maximum absolute atomic E-state index is 10.6. The summed E-state index contributed by atoms with van der Waals surface area (Å²) in [4.78, 5) is 14.2. The van der Waals surface area contributed by atoms with Gasteiger partial charge in [0, 0.05) is 31.1 Å². The largest absolute Gasteiger partial charge is 0.388 e. The van der Waals surface area contributed by atoms with Crippen molar-refractivity contribution in [2.24, 2.45) is 0 Å². The molecule has 0 unspecified atom stereocenters. The van der Waals surface area contributed by atoms with Gasteiger partial charge in [-0.2, -0.15) is 0 Å². The fourth-order valence-electron chi connectivity index (χ4n) is 1.60. The van der Waals surface area contributed by atoms with Gasteiger partial charge < -0.3 is 9.67 Å².